The molecule has 0 amide bonds. The minimum Gasteiger partial charge on any atom is -0.228 e. The Kier molecular flexibility index (Phi) is 3.27. The van der Waals surface area contributed by atoms with Crippen LogP contribution in [0.5, 0.6) is 0 Å². The van der Waals surface area contributed by atoms with Gasteiger partial charge in [-0.25, -0.2) is 18.4 Å². The maximum atomic E-state index is 13.6. The van der Waals surface area contributed by atoms with Crippen LogP contribution in [-0.4, -0.2) is 14.8 Å². The highest BCUT2D eigenvalue weighted by Gasteiger charge is 2.07. The Bertz CT molecular complexity index is 533. The number of benzene rings is 1. The number of nitrogens with zero attached hydrogens (tertiary/aromatic N) is 3. The molecule has 0 N–H and O–H groups in total. The third-order valence-electron chi connectivity index (χ3n) is 2.38. The van der Waals surface area contributed by atoms with Crippen molar-refractivity contribution >= 4 is 11.8 Å². The van der Waals surface area contributed by atoms with E-state index in [1.807, 2.05) is 6.92 Å². The van der Waals surface area contributed by atoms with Crippen LogP contribution in [0.15, 0.2) is 30.9 Å². The molecule has 17 heavy (non-hydrogen) atoms. The quantitative estimate of drug-likeness (QED) is 0.818. The van der Waals surface area contributed by atoms with Gasteiger partial charge in [-0.1, -0.05) is 6.92 Å². The molecule has 0 bridgehead atoms. The van der Waals surface area contributed by atoms with Gasteiger partial charge in [-0.05, 0) is 24.1 Å². The number of rotatable bonds is 3. The summed E-state index contributed by atoms with van der Waals surface area (Å²) < 4.78 is 27.9. The molecule has 0 radical (unpaired) electrons. The predicted molar refractivity (Wildman–Crippen MR) is 60.8 cm³/mol. The average Bonchev–Trinajstić information content (AvgIpc) is 2.79. The summed E-state index contributed by atoms with van der Waals surface area (Å²) in [6.07, 6.45) is 5.19. The monoisotopic (exact) mass is 235 g/mol. The predicted octanol–water partition coefficient (Wildman–Crippen LogP) is 2.96. The van der Waals surface area contributed by atoms with Crippen LogP contribution in [-0.2, 0) is 0 Å². The first-order valence-electron chi connectivity index (χ1n) is 5.21. The van der Waals surface area contributed by atoms with Gasteiger partial charge in [0.25, 0.3) is 0 Å². The lowest BCUT2D eigenvalue weighted by Crippen LogP contribution is -1.94. The molecule has 1 aromatic carbocycles. The van der Waals surface area contributed by atoms with Gasteiger partial charge in [0.15, 0.2) is 0 Å². The molecule has 0 saturated heterocycles. The van der Waals surface area contributed by atoms with Crippen molar-refractivity contribution in [1.82, 2.24) is 14.8 Å². The van der Waals surface area contributed by atoms with Crippen LogP contribution in [0, 0.1) is 11.6 Å². The molecule has 1 aromatic heterocycles. The van der Waals surface area contributed by atoms with Crippen LogP contribution < -0.4 is 0 Å². The summed E-state index contributed by atoms with van der Waals surface area (Å²) in [7, 11) is 0. The SMILES string of the molecule is CC/C(=C/n1cncn1)c1ccc(F)cc1F. The number of halogens is 2. The molecule has 5 heteroatoms. The Labute approximate surface area is 97.4 Å². The van der Waals surface area contributed by atoms with E-state index in [0.29, 0.717) is 12.0 Å². The summed E-state index contributed by atoms with van der Waals surface area (Å²) in [6, 6.07) is 3.54. The lowest BCUT2D eigenvalue weighted by molar-refractivity contribution is 0.580. The summed E-state index contributed by atoms with van der Waals surface area (Å²) >= 11 is 0. The van der Waals surface area contributed by atoms with Crippen LogP contribution in [0.25, 0.3) is 11.8 Å². The van der Waals surface area contributed by atoms with Crippen molar-refractivity contribution in [2.45, 2.75) is 13.3 Å². The molecule has 0 saturated carbocycles. The van der Waals surface area contributed by atoms with E-state index >= 15 is 0 Å². The second-order valence-corrected chi connectivity index (χ2v) is 3.51. The van der Waals surface area contributed by atoms with Crippen molar-refractivity contribution in [3.63, 3.8) is 0 Å². The van der Waals surface area contributed by atoms with E-state index in [0.717, 1.165) is 11.6 Å². The normalized spacial score (nSPS) is 11.8. The third kappa shape index (κ3) is 2.55. The van der Waals surface area contributed by atoms with Crippen molar-refractivity contribution in [3.05, 3.63) is 48.1 Å². The molecule has 0 aliphatic carbocycles. The Balaban J connectivity index is 2.42. The van der Waals surface area contributed by atoms with E-state index in [1.54, 1.807) is 6.20 Å². The van der Waals surface area contributed by atoms with Crippen molar-refractivity contribution in [3.8, 4) is 0 Å². The molecule has 0 aliphatic heterocycles. The van der Waals surface area contributed by atoms with Gasteiger partial charge in [0.2, 0.25) is 0 Å². The molecule has 0 aliphatic rings. The van der Waals surface area contributed by atoms with E-state index in [-0.39, 0.29) is 0 Å². The molecule has 0 spiro atoms. The lowest BCUT2D eigenvalue weighted by Gasteiger charge is -2.06. The lowest BCUT2D eigenvalue weighted by atomic mass is 10.0. The molecule has 0 fully saturated rings. The third-order valence-corrected chi connectivity index (χ3v) is 2.38. The topological polar surface area (TPSA) is 30.7 Å². The van der Waals surface area contributed by atoms with E-state index in [1.165, 1.54) is 29.5 Å². The summed E-state index contributed by atoms with van der Waals surface area (Å²) in [5, 5.41) is 3.91. The molecule has 2 aromatic rings. The van der Waals surface area contributed by atoms with Gasteiger partial charge < -0.3 is 0 Å². The Morgan fingerprint density at radius 1 is 1.41 bits per heavy atom. The fourth-order valence-corrected chi connectivity index (χ4v) is 1.54. The number of allylic oxidation sites excluding steroid dienone is 1. The standard InChI is InChI=1S/C12H11F2N3/c1-2-9(6-17-8-15-7-16-17)11-4-3-10(13)5-12(11)14/h3-8H,2H2,1H3/b9-6-. The van der Waals surface area contributed by atoms with Gasteiger partial charge in [-0.2, -0.15) is 5.10 Å². The van der Waals surface area contributed by atoms with Gasteiger partial charge in [0.1, 0.15) is 24.3 Å². The van der Waals surface area contributed by atoms with Gasteiger partial charge in [-0.15, -0.1) is 0 Å². The zero-order valence-electron chi connectivity index (χ0n) is 9.27. The van der Waals surface area contributed by atoms with Crippen molar-refractivity contribution in [1.29, 1.82) is 0 Å². The summed E-state index contributed by atoms with van der Waals surface area (Å²) in [5.41, 5.74) is 1.11. The van der Waals surface area contributed by atoms with E-state index in [9.17, 15) is 8.78 Å². The maximum Gasteiger partial charge on any atom is 0.138 e. The van der Waals surface area contributed by atoms with Gasteiger partial charge in [0, 0.05) is 17.8 Å². The molecule has 1 heterocycles. The van der Waals surface area contributed by atoms with Crippen molar-refractivity contribution in [2.75, 3.05) is 0 Å². The molecular weight excluding hydrogens is 224 g/mol. The van der Waals surface area contributed by atoms with E-state index < -0.39 is 11.6 Å². The van der Waals surface area contributed by atoms with Gasteiger partial charge in [-0.3, -0.25) is 0 Å². The molecule has 0 atom stereocenters. The first-order chi connectivity index (χ1) is 8.20. The fraction of sp³-hybridized carbons (Fsp3) is 0.167. The average molecular weight is 235 g/mol. The summed E-state index contributed by atoms with van der Waals surface area (Å²) in [6.45, 7) is 1.89. The van der Waals surface area contributed by atoms with E-state index in [4.69, 9.17) is 0 Å². The highest BCUT2D eigenvalue weighted by Crippen LogP contribution is 2.22. The number of aromatic nitrogens is 3. The Hall–Kier alpha value is -2.04. The maximum absolute atomic E-state index is 13.6. The van der Waals surface area contributed by atoms with Gasteiger partial charge in [0.05, 0.1) is 0 Å². The summed E-state index contributed by atoms with van der Waals surface area (Å²) in [4.78, 5) is 3.79. The van der Waals surface area contributed by atoms with Crippen LogP contribution >= 0.6 is 0 Å². The van der Waals surface area contributed by atoms with Crippen molar-refractivity contribution < 1.29 is 8.78 Å². The second kappa shape index (κ2) is 4.86. The smallest absolute Gasteiger partial charge is 0.138 e. The first kappa shape index (κ1) is 11.4. The van der Waals surface area contributed by atoms with Crippen LogP contribution in [0.2, 0.25) is 0 Å². The van der Waals surface area contributed by atoms with Crippen LogP contribution in [0.4, 0.5) is 8.78 Å². The van der Waals surface area contributed by atoms with Gasteiger partial charge >= 0.3 is 0 Å². The van der Waals surface area contributed by atoms with E-state index in [2.05, 4.69) is 10.1 Å². The fourth-order valence-electron chi connectivity index (χ4n) is 1.54. The second-order valence-electron chi connectivity index (χ2n) is 3.51. The minimum absolute atomic E-state index is 0.379. The van der Waals surface area contributed by atoms with Crippen LogP contribution in [0.1, 0.15) is 18.9 Å². The molecule has 88 valence electrons. The number of hydrogen-bond donors (Lipinski definition) is 0. The highest BCUT2D eigenvalue weighted by molar-refractivity contribution is 5.75. The molecule has 2 rings (SSSR count). The first-order valence-corrected chi connectivity index (χ1v) is 5.21. The largest absolute Gasteiger partial charge is 0.228 e. The minimum atomic E-state index is -0.581. The molecular formula is C12H11F2N3. The zero-order chi connectivity index (χ0) is 12.3. The van der Waals surface area contributed by atoms with Crippen LogP contribution in [0.3, 0.4) is 0 Å². The zero-order valence-corrected chi connectivity index (χ0v) is 9.27. The van der Waals surface area contributed by atoms with Crippen molar-refractivity contribution in [2.24, 2.45) is 0 Å². The molecule has 3 nitrogen and oxygen atoms in total. The highest BCUT2D eigenvalue weighted by atomic mass is 19.1. The Morgan fingerprint density at radius 2 is 2.24 bits per heavy atom. The summed E-state index contributed by atoms with van der Waals surface area (Å²) in [5.74, 6) is -1.15. The molecule has 0 unspecified atom stereocenters. The number of hydrogen-bond acceptors (Lipinski definition) is 2. The Morgan fingerprint density at radius 3 is 2.82 bits per heavy atom.